The molecule has 1 aromatic carbocycles. The Bertz CT molecular complexity index is 727. The molecule has 1 fully saturated rings. The van der Waals surface area contributed by atoms with Crippen molar-refractivity contribution >= 4 is 17.6 Å². The fraction of sp³-hybridized carbons (Fsp3) is 0.545. The summed E-state index contributed by atoms with van der Waals surface area (Å²) in [5.74, 6) is -0.163. The summed E-state index contributed by atoms with van der Waals surface area (Å²) in [6.07, 6.45) is 6.44. The van der Waals surface area contributed by atoms with Crippen molar-refractivity contribution in [1.29, 1.82) is 0 Å². The number of ether oxygens (including phenoxy) is 1. The second-order valence-electron chi connectivity index (χ2n) is 7.53. The second kappa shape index (κ2) is 8.17. The molecule has 4 nitrogen and oxygen atoms in total. The summed E-state index contributed by atoms with van der Waals surface area (Å²) in [5.41, 5.74) is 2.84. The number of hydrogen-bond donors (Lipinski definition) is 0. The van der Waals surface area contributed by atoms with E-state index in [1.54, 1.807) is 0 Å². The van der Waals surface area contributed by atoms with Gasteiger partial charge in [-0.1, -0.05) is 39.3 Å². The molecule has 0 bridgehead atoms. The molecule has 1 saturated heterocycles. The number of likely N-dealkylation sites (tertiary alicyclic amines) is 1. The van der Waals surface area contributed by atoms with Crippen LogP contribution in [-0.2, 0) is 11.2 Å². The average molecular weight is 355 g/mol. The van der Waals surface area contributed by atoms with Crippen LogP contribution in [-0.4, -0.2) is 42.7 Å². The summed E-state index contributed by atoms with van der Waals surface area (Å²) in [6.45, 7) is 9.58. The average Bonchev–Trinajstić information content (AvgIpc) is 2.65. The first-order chi connectivity index (χ1) is 12.5. The quantitative estimate of drug-likeness (QED) is 0.726. The van der Waals surface area contributed by atoms with Gasteiger partial charge in [0.2, 0.25) is 11.6 Å². The zero-order valence-electron chi connectivity index (χ0n) is 16.1. The van der Waals surface area contributed by atoms with Crippen LogP contribution in [0.1, 0.15) is 61.5 Å². The molecule has 1 heterocycles. The van der Waals surface area contributed by atoms with Crippen molar-refractivity contribution in [2.24, 2.45) is 5.92 Å². The Morgan fingerprint density at radius 1 is 1.08 bits per heavy atom. The highest BCUT2D eigenvalue weighted by Gasteiger charge is 2.32. The van der Waals surface area contributed by atoms with E-state index in [2.05, 4.69) is 4.90 Å². The third-order valence-corrected chi connectivity index (χ3v) is 5.38. The molecule has 3 rings (SSSR count). The molecular weight excluding hydrogens is 326 g/mol. The van der Waals surface area contributed by atoms with E-state index >= 15 is 0 Å². The number of Topliss-reactive ketones (excluding diaryl/α,β-unsaturated/α-hetero) is 2. The van der Waals surface area contributed by atoms with Gasteiger partial charge in [-0.25, -0.2) is 0 Å². The van der Waals surface area contributed by atoms with Crippen LogP contribution in [0, 0.1) is 5.92 Å². The van der Waals surface area contributed by atoms with Crippen LogP contribution >= 0.6 is 0 Å². The maximum atomic E-state index is 12.8. The number of allylic oxidation sites excluding steroid dienone is 1. The molecule has 4 heteroatoms. The normalized spacial score (nSPS) is 18.1. The Morgan fingerprint density at radius 2 is 1.81 bits per heavy atom. The fourth-order valence-corrected chi connectivity index (χ4v) is 3.81. The molecule has 1 aromatic rings. The molecule has 0 amide bonds. The van der Waals surface area contributed by atoms with E-state index in [0.29, 0.717) is 23.5 Å². The molecule has 0 saturated carbocycles. The first-order valence-electron chi connectivity index (χ1n) is 9.84. The molecule has 140 valence electrons. The Hall–Kier alpha value is -1.94. The number of carbonyl (C=O) groups excluding carboxylic acids is 2. The lowest BCUT2D eigenvalue weighted by atomic mass is 9.83. The van der Waals surface area contributed by atoms with Crippen LogP contribution in [0.3, 0.4) is 0 Å². The topological polar surface area (TPSA) is 46.6 Å². The number of benzene rings is 1. The van der Waals surface area contributed by atoms with Crippen molar-refractivity contribution in [2.45, 2.75) is 46.5 Å². The number of rotatable bonds is 6. The van der Waals surface area contributed by atoms with Gasteiger partial charge in [0.15, 0.2) is 0 Å². The van der Waals surface area contributed by atoms with Gasteiger partial charge in [0, 0.05) is 12.1 Å². The highest BCUT2D eigenvalue weighted by atomic mass is 16.5. The minimum atomic E-state index is -0.422. The standard InChI is InChI=1S/C22H29NO3/c1-4-16-8-9-17-14-18(15(2)3)20(24)21(25)19(17)22(16)26-13-12-23-10-6-5-7-11-23/h8-9,14-15H,4-7,10-13H2,1-3H3. The van der Waals surface area contributed by atoms with E-state index in [4.69, 9.17) is 4.74 Å². The van der Waals surface area contributed by atoms with Gasteiger partial charge in [-0.3, -0.25) is 14.5 Å². The fourth-order valence-electron chi connectivity index (χ4n) is 3.81. The van der Waals surface area contributed by atoms with Crippen molar-refractivity contribution in [1.82, 2.24) is 4.90 Å². The van der Waals surface area contributed by atoms with E-state index in [-0.39, 0.29) is 11.7 Å². The monoisotopic (exact) mass is 355 g/mol. The molecular formula is C22H29NO3. The Morgan fingerprint density at radius 3 is 2.46 bits per heavy atom. The van der Waals surface area contributed by atoms with Gasteiger partial charge in [0.05, 0.1) is 5.56 Å². The van der Waals surface area contributed by atoms with Gasteiger partial charge in [-0.05, 0) is 55.5 Å². The molecule has 0 spiro atoms. The first-order valence-corrected chi connectivity index (χ1v) is 9.84. The minimum absolute atomic E-state index is 0.0360. The lowest BCUT2D eigenvalue weighted by molar-refractivity contribution is -0.112. The number of hydrogen-bond acceptors (Lipinski definition) is 4. The Balaban J connectivity index is 1.86. The smallest absolute Gasteiger partial charge is 0.237 e. The minimum Gasteiger partial charge on any atom is -0.491 e. The van der Waals surface area contributed by atoms with Gasteiger partial charge in [0.25, 0.3) is 0 Å². The zero-order valence-corrected chi connectivity index (χ0v) is 16.1. The summed E-state index contributed by atoms with van der Waals surface area (Å²) >= 11 is 0. The van der Waals surface area contributed by atoms with Crippen molar-refractivity contribution < 1.29 is 14.3 Å². The third kappa shape index (κ3) is 3.75. The summed E-state index contributed by atoms with van der Waals surface area (Å²) in [7, 11) is 0. The highest BCUT2D eigenvalue weighted by Crippen LogP contribution is 2.35. The highest BCUT2D eigenvalue weighted by molar-refractivity contribution is 6.52. The summed E-state index contributed by atoms with van der Waals surface area (Å²) in [4.78, 5) is 27.7. The van der Waals surface area contributed by atoms with Crippen LogP contribution in [0.2, 0.25) is 0 Å². The molecule has 0 atom stereocenters. The third-order valence-electron chi connectivity index (χ3n) is 5.38. The largest absolute Gasteiger partial charge is 0.491 e. The van der Waals surface area contributed by atoms with E-state index in [0.717, 1.165) is 37.2 Å². The summed E-state index contributed by atoms with van der Waals surface area (Å²) < 4.78 is 6.10. The molecule has 2 aliphatic rings. The van der Waals surface area contributed by atoms with E-state index in [1.165, 1.54) is 19.3 Å². The number of fused-ring (bicyclic) bond motifs is 1. The van der Waals surface area contributed by atoms with Crippen LogP contribution in [0.4, 0.5) is 0 Å². The van der Waals surface area contributed by atoms with Crippen LogP contribution < -0.4 is 4.74 Å². The summed E-state index contributed by atoms with van der Waals surface area (Å²) in [6, 6.07) is 3.96. The number of ketones is 2. The van der Waals surface area contributed by atoms with E-state index < -0.39 is 5.78 Å². The number of aryl methyl sites for hydroxylation is 1. The maximum Gasteiger partial charge on any atom is 0.237 e. The van der Waals surface area contributed by atoms with Crippen LogP contribution in [0.5, 0.6) is 5.75 Å². The molecule has 1 aliphatic carbocycles. The van der Waals surface area contributed by atoms with Crippen LogP contribution in [0.15, 0.2) is 17.7 Å². The number of piperidine rings is 1. The van der Waals surface area contributed by atoms with E-state index in [1.807, 2.05) is 39.0 Å². The Kier molecular flexibility index (Phi) is 5.92. The molecule has 0 N–H and O–H groups in total. The van der Waals surface area contributed by atoms with Crippen molar-refractivity contribution in [2.75, 3.05) is 26.2 Å². The van der Waals surface area contributed by atoms with Gasteiger partial charge >= 0.3 is 0 Å². The van der Waals surface area contributed by atoms with E-state index in [9.17, 15) is 9.59 Å². The molecule has 26 heavy (non-hydrogen) atoms. The first kappa shape index (κ1) is 18.8. The van der Waals surface area contributed by atoms with Crippen LogP contribution in [0.25, 0.3) is 6.08 Å². The SMILES string of the molecule is CCc1ccc2c(c1OCCN1CCCCC1)C(=O)C(=O)C(C(C)C)=C2. The molecule has 0 aromatic heterocycles. The summed E-state index contributed by atoms with van der Waals surface area (Å²) in [5, 5.41) is 0. The van der Waals surface area contributed by atoms with Crippen molar-refractivity contribution in [3.63, 3.8) is 0 Å². The molecule has 0 unspecified atom stereocenters. The van der Waals surface area contributed by atoms with Crippen molar-refractivity contribution in [3.8, 4) is 5.75 Å². The Labute approximate surface area is 156 Å². The van der Waals surface area contributed by atoms with Gasteiger partial charge < -0.3 is 4.74 Å². The number of carbonyl (C=O) groups is 2. The predicted molar refractivity (Wildman–Crippen MR) is 104 cm³/mol. The van der Waals surface area contributed by atoms with Crippen molar-refractivity contribution in [3.05, 3.63) is 34.4 Å². The van der Waals surface area contributed by atoms with Gasteiger partial charge in [-0.2, -0.15) is 0 Å². The maximum absolute atomic E-state index is 12.8. The predicted octanol–water partition coefficient (Wildman–Crippen LogP) is 3.92. The molecule has 0 radical (unpaired) electrons. The van der Waals surface area contributed by atoms with Gasteiger partial charge in [0.1, 0.15) is 12.4 Å². The number of nitrogens with zero attached hydrogens (tertiary/aromatic N) is 1. The van der Waals surface area contributed by atoms with Gasteiger partial charge in [-0.15, -0.1) is 0 Å². The lowest BCUT2D eigenvalue weighted by Crippen LogP contribution is -2.33. The lowest BCUT2D eigenvalue weighted by Gasteiger charge is -2.27. The zero-order chi connectivity index (χ0) is 18.7. The molecule has 1 aliphatic heterocycles. The second-order valence-corrected chi connectivity index (χ2v) is 7.53.